The van der Waals surface area contributed by atoms with E-state index in [1.807, 2.05) is 62.4 Å². The molecule has 0 aliphatic heterocycles. The highest BCUT2D eigenvalue weighted by molar-refractivity contribution is 9.10. The molecule has 0 bridgehead atoms. The van der Waals surface area contributed by atoms with Crippen LogP contribution in [0.5, 0.6) is 0 Å². The third kappa shape index (κ3) is 5.51. The normalized spacial score (nSPS) is 11.3. The van der Waals surface area contributed by atoms with Gasteiger partial charge in [-0.2, -0.15) is 5.21 Å². The molecule has 216 valence electrons. The quantitative estimate of drug-likeness (QED) is 0.195. The fraction of sp³-hybridized carbons (Fsp3) is 0.188. The molecule has 0 saturated heterocycles. The summed E-state index contributed by atoms with van der Waals surface area (Å²) < 4.78 is 8.75. The summed E-state index contributed by atoms with van der Waals surface area (Å²) in [5, 5.41) is 24.4. The van der Waals surface area contributed by atoms with Crippen molar-refractivity contribution in [3.05, 3.63) is 115 Å². The van der Waals surface area contributed by atoms with Gasteiger partial charge in [0.25, 0.3) is 5.56 Å². The Balaban J connectivity index is 1.34. The van der Waals surface area contributed by atoms with Crippen LogP contribution in [0.15, 0.2) is 80.4 Å². The van der Waals surface area contributed by atoms with Gasteiger partial charge in [-0.1, -0.05) is 56.3 Å². The molecule has 11 heteroatoms. The summed E-state index contributed by atoms with van der Waals surface area (Å²) in [6.07, 6.45) is 1.50. The van der Waals surface area contributed by atoms with Crippen molar-refractivity contribution in [2.24, 2.45) is 0 Å². The summed E-state index contributed by atoms with van der Waals surface area (Å²) in [7, 11) is 0. The Morgan fingerprint density at radius 3 is 2.49 bits per heavy atom. The second-order valence-corrected chi connectivity index (χ2v) is 10.9. The molecule has 0 fully saturated rings. The Bertz CT molecular complexity index is 2010. The summed E-state index contributed by atoms with van der Waals surface area (Å²) >= 11 is 3.74. The second kappa shape index (κ2) is 11.8. The molecule has 0 aliphatic rings. The number of aromatic amines is 1. The molecule has 3 aromatic carbocycles. The minimum absolute atomic E-state index is 0.113. The van der Waals surface area contributed by atoms with Crippen molar-refractivity contribution < 1.29 is 14.3 Å². The van der Waals surface area contributed by atoms with Crippen molar-refractivity contribution >= 4 is 32.9 Å². The van der Waals surface area contributed by atoms with E-state index in [1.165, 1.54) is 0 Å². The number of hydrogen-bond donors (Lipinski definition) is 2. The highest BCUT2D eigenvalue weighted by Gasteiger charge is 2.19. The number of furan rings is 1. The van der Waals surface area contributed by atoms with Gasteiger partial charge in [-0.05, 0) is 63.0 Å². The first-order valence-electron chi connectivity index (χ1n) is 13.8. The zero-order valence-corrected chi connectivity index (χ0v) is 25.1. The number of benzene rings is 3. The standard InChI is InChI=1S/C32H27BrN6O4/c1-3-25-23(15-18-6-5-7-22(14-18)32(41)42)31(40)39(27(4-2)34-25)17-19-8-13-26-24(16-19)28(33)29(43-26)20-9-11-21(12-10-20)30-35-37-38-36-30/h5-14,16H,3-4,15,17H2,1-2H3,(H,41,42)(H,35,36,37,38). The van der Waals surface area contributed by atoms with E-state index in [2.05, 4.69) is 36.6 Å². The topological polar surface area (TPSA) is 140 Å². The number of carbonyl (C=O) groups is 1. The molecule has 0 radical (unpaired) electrons. The van der Waals surface area contributed by atoms with Crippen molar-refractivity contribution in [3.63, 3.8) is 0 Å². The first-order chi connectivity index (χ1) is 20.9. The third-order valence-corrected chi connectivity index (χ3v) is 8.20. The predicted molar refractivity (Wildman–Crippen MR) is 165 cm³/mol. The Morgan fingerprint density at radius 1 is 1.00 bits per heavy atom. The van der Waals surface area contributed by atoms with E-state index >= 15 is 0 Å². The van der Waals surface area contributed by atoms with Gasteiger partial charge in [0, 0.05) is 34.9 Å². The predicted octanol–water partition coefficient (Wildman–Crippen LogP) is 6.06. The molecular weight excluding hydrogens is 612 g/mol. The van der Waals surface area contributed by atoms with Crippen LogP contribution in [0.1, 0.15) is 52.4 Å². The molecule has 0 spiro atoms. The molecule has 3 heterocycles. The highest BCUT2D eigenvalue weighted by Crippen LogP contribution is 2.38. The Kier molecular flexibility index (Phi) is 7.73. The summed E-state index contributed by atoms with van der Waals surface area (Å²) in [4.78, 5) is 30.3. The molecule has 2 N–H and O–H groups in total. The third-order valence-electron chi connectivity index (χ3n) is 7.42. The van der Waals surface area contributed by atoms with Crippen molar-refractivity contribution in [3.8, 4) is 22.7 Å². The number of tetrazole rings is 1. The van der Waals surface area contributed by atoms with E-state index < -0.39 is 5.97 Å². The lowest BCUT2D eigenvalue weighted by molar-refractivity contribution is 0.0696. The van der Waals surface area contributed by atoms with Gasteiger partial charge in [0.1, 0.15) is 17.2 Å². The lowest BCUT2D eigenvalue weighted by Gasteiger charge is -2.16. The molecular formula is C32H27BrN6O4. The van der Waals surface area contributed by atoms with Crippen molar-refractivity contribution in [2.75, 3.05) is 0 Å². The summed E-state index contributed by atoms with van der Waals surface area (Å²) in [5.41, 5.74) is 5.52. The molecule has 0 unspecified atom stereocenters. The minimum atomic E-state index is -1.00. The largest absolute Gasteiger partial charge is 0.478 e. The van der Waals surface area contributed by atoms with Crippen LogP contribution in [-0.4, -0.2) is 41.3 Å². The van der Waals surface area contributed by atoms with Crippen molar-refractivity contribution in [1.82, 2.24) is 30.2 Å². The van der Waals surface area contributed by atoms with E-state index in [9.17, 15) is 14.7 Å². The number of carboxylic acid groups (broad SMARTS) is 1. The number of nitrogens with zero attached hydrogens (tertiary/aromatic N) is 5. The average molecular weight is 640 g/mol. The smallest absolute Gasteiger partial charge is 0.335 e. The van der Waals surface area contributed by atoms with Crippen LogP contribution in [0, 0.1) is 0 Å². The van der Waals surface area contributed by atoms with Gasteiger partial charge < -0.3 is 9.52 Å². The number of fused-ring (bicyclic) bond motifs is 1. The number of carboxylic acids is 1. The second-order valence-electron chi connectivity index (χ2n) is 10.1. The number of hydrogen-bond acceptors (Lipinski definition) is 7. The summed E-state index contributed by atoms with van der Waals surface area (Å²) in [5.74, 6) is 0.913. The number of nitrogens with one attached hydrogen (secondary N) is 1. The maximum atomic E-state index is 14.0. The van der Waals surface area contributed by atoms with E-state index in [-0.39, 0.29) is 11.1 Å². The Hall–Kier alpha value is -4.90. The number of H-pyrrole nitrogens is 1. The molecule has 6 rings (SSSR count). The molecule has 0 saturated carbocycles. The first-order valence-corrected chi connectivity index (χ1v) is 14.6. The first kappa shape index (κ1) is 28.2. The number of aryl methyl sites for hydroxylation is 2. The van der Waals surface area contributed by atoms with Gasteiger partial charge in [0.2, 0.25) is 5.82 Å². The van der Waals surface area contributed by atoms with Gasteiger partial charge in [-0.3, -0.25) is 9.36 Å². The van der Waals surface area contributed by atoms with E-state index in [1.54, 1.807) is 22.8 Å². The fourth-order valence-electron chi connectivity index (χ4n) is 5.24. The molecule has 3 aromatic heterocycles. The molecule has 6 aromatic rings. The summed E-state index contributed by atoms with van der Waals surface area (Å²) in [6.45, 7) is 4.30. The highest BCUT2D eigenvalue weighted by atomic mass is 79.9. The monoisotopic (exact) mass is 638 g/mol. The van der Waals surface area contributed by atoms with E-state index in [0.717, 1.165) is 43.4 Å². The lowest BCUT2D eigenvalue weighted by atomic mass is 10.0. The fourth-order valence-corrected chi connectivity index (χ4v) is 5.86. The Morgan fingerprint density at radius 2 is 1.79 bits per heavy atom. The zero-order chi connectivity index (χ0) is 30.1. The average Bonchev–Trinajstić information content (AvgIpc) is 3.68. The molecule has 0 amide bonds. The van der Waals surface area contributed by atoms with E-state index in [0.29, 0.717) is 48.8 Å². The summed E-state index contributed by atoms with van der Waals surface area (Å²) in [6, 6.07) is 20.3. The number of rotatable bonds is 9. The van der Waals surface area contributed by atoms with Gasteiger partial charge in [-0.15, -0.1) is 10.2 Å². The molecule has 0 atom stereocenters. The van der Waals surface area contributed by atoms with Crippen LogP contribution >= 0.6 is 15.9 Å². The van der Waals surface area contributed by atoms with Crippen LogP contribution < -0.4 is 5.56 Å². The van der Waals surface area contributed by atoms with Gasteiger partial charge >= 0.3 is 5.97 Å². The van der Waals surface area contributed by atoms with E-state index in [4.69, 9.17) is 9.40 Å². The van der Waals surface area contributed by atoms with Crippen LogP contribution in [0.4, 0.5) is 0 Å². The molecule has 10 nitrogen and oxygen atoms in total. The van der Waals surface area contributed by atoms with Crippen molar-refractivity contribution in [2.45, 2.75) is 39.7 Å². The van der Waals surface area contributed by atoms with Crippen molar-refractivity contribution in [1.29, 1.82) is 0 Å². The number of aromatic nitrogens is 6. The van der Waals surface area contributed by atoms with Gasteiger partial charge in [-0.25, -0.2) is 9.78 Å². The van der Waals surface area contributed by atoms with Crippen LogP contribution in [0.2, 0.25) is 0 Å². The molecule has 0 aliphatic carbocycles. The SMILES string of the molecule is CCc1nc(CC)n(Cc2ccc3oc(-c4ccc(-c5nn[nH]n5)cc4)c(Br)c3c2)c(=O)c1Cc1cccc(C(=O)O)c1. The van der Waals surface area contributed by atoms with Crippen LogP contribution in [-0.2, 0) is 25.8 Å². The lowest BCUT2D eigenvalue weighted by Crippen LogP contribution is -2.30. The maximum absolute atomic E-state index is 14.0. The minimum Gasteiger partial charge on any atom is -0.478 e. The number of aromatic carboxylic acids is 1. The van der Waals surface area contributed by atoms with Crippen LogP contribution in [0.25, 0.3) is 33.7 Å². The number of halogens is 1. The zero-order valence-electron chi connectivity index (χ0n) is 23.5. The Labute approximate surface area is 254 Å². The van der Waals surface area contributed by atoms with Crippen LogP contribution in [0.3, 0.4) is 0 Å². The maximum Gasteiger partial charge on any atom is 0.335 e. The van der Waals surface area contributed by atoms with Gasteiger partial charge in [0.15, 0.2) is 0 Å². The van der Waals surface area contributed by atoms with Gasteiger partial charge in [0.05, 0.1) is 22.3 Å². The molecule has 43 heavy (non-hydrogen) atoms.